The highest BCUT2D eigenvalue weighted by atomic mass is 31.2. The van der Waals surface area contributed by atoms with E-state index in [0.29, 0.717) is 23.8 Å². The fourth-order valence-electron chi connectivity index (χ4n) is 2.52. The van der Waals surface area contributed by atoms with Gasteiger partial charge in [0.05, 0.1) is 6.61 Å². The SMILES string of the molecule is CCOP(=O)(CC)c1cc(C(C)(C)C)c(O)c(C(C)(C)C)c1. The van der Waals surface area contributed by atoms with Gasteiger partial charge in [-0.25, -0.2) is 0 Å². The molecule has 0 aliphatic heterocycles. The summed E-state index contributed by atoms with van der Waals surface area (Å²) in [6.45, 7) is 16.5. The fraction of sp³-hybridized carbons (Fsp3) is 0.667. The zero-order valence-corrected chi connectivity index (χ0v) is 16.2. The maximum absolute atomic E-state index is 13.1. The van der Waals surface area contributed by atoms with Gasteiger partial charge in [-0.3, -0.25) is 4.57 Å². The zero-order chi connectivity index (χ0) is 17.3. The van der Waals surface area contributed by atoms with E-state index in [9.17, 15) is 9.67 Å². The Kier molecular flexibility index (Phi) is 5.58. The van der Waals surface area contributed by atoms with Gasteiger partial charge in [-0.2, -0.15) is 0 Å². The average Bonchev–Trinajstić information content (AvgIpc) is 2.36. The molecule has 0 heterocycles. The van der Waals surface area contributed by atoms with Crippen LogP contribution in [0.15, 0.2) is 12.1 Å². The highest BCUT2D eigenvalue weighted by molar-refractivity contribution is 7.66. The summed E-state index contributed by atoms with van der Waals surface area (Å²) in [5.74, 6) is 0.308. The molecule has 0 amide bonds. The number of hydrogen-bond acceptors (Lipinski definition) is 3. The topological polar surface area (TPSA) is 46.5 Å². The maximum Gasteiger partial charge on any atom is 0.231 e. The standard InChI is InChI=1S/C18H31O3P/c1-9-21-22(20,10-2)13-11-14(17(3,4)5)16(19)15(12-13)18(6,7)8/h11-12,19H,9-10H2,1-8H3. The van der Waals surface area contributed by atoms with Crippen molar-refractivity contribution >= 4 is 12.7 Å². The van der Waals surface area contributed by atoms with Crippen LogP contribution in [-0.4, -0.2) is 17.9 Å². The Bertz CT molecular complexity index is 542. The zero-order valence-electron chi connectivity index (χ0n) is 15.3. The predicted octanol–water partition coefficient (Wildman–Crippen LogP) is 4.95. The second kappa shape index (κ2) is 6.37. The highest BCUT2D eigenvalue weighted by Crippen LogP contribution is 2.48. The molecule has 1 unspecified atom stereocenters. The van der Waals surface area contributed by atoms with E-state index < -0.39 is 7.37 Å². The summed E-state index contributed by atoms with van der Waals surface area (Å²) in [5, 5.41) is 11.4. The third-order valence-electron chi connectivity index (χ3n) is 3.86. The van der Waals surface area contributed by atoms with E-state index in [2.05, 4.69) is 41.5 Å². The lowest BCUT2D eigenvalue weighted by Crippen LogP contribution is -2.22. The van der Waals surface area contributed by atoms with Gasteiger partial charge in [0.25, 0.3) is 0 Å². The molecule has 1 atom stereocenters. The van der Waals surface area contributed by atoms with E-state index in [1.807, 2.05) is 26.0 Å². The maximum atomic E-state index is 13.1. The Morgan fingerprint density at radius 2 is 1.41 bits per heavy atom. The molecule has 1 aromatic rings. The average molecular weight is 326 g/mol. The number of phenolic OH excluding ortho intramolecular Hbond substituents is 1. The van der Waals surface area contributed by atoms with E-state index in [4.69, 9.17) is 4.52 Å². The molecule has 0 aromatic heterocycles. The predicted molar refractivity (Wildman–Crippen MR) is 94.9 cm³/mol. The summed E-state index contributed by atoms with van der Waals surface area (Å²) in [5.41, 5.74) is 1.18. The number of hydrogen-bond donors (Lipinski definition) is 1. The molecule has 0 spiro atoms. The van der Waals surface area contributed by atoms with Crippen LogP contribution < -0.4 is 5.30 Å². The van der Waals surface area contributed by atoms with E-state index in [-0.39, 0.29) is 10.8 Å². The molecule has 0 aliphatic rings. The molecule has 0 aliphatic carbocycles. The molecule has 1 N–H and O–H groups in total. The lowest BCUT2D eigenvalue weighted by Gasteiger charge is -2.29. The fourth-order valence-corrected chi connectivity index (χ4v) is 4.28. The minimum absolute atomic E-state index is 0.231. The van der Waals surface area contributed by atoms with Gasteiger partial charge in [0.1, 0.15) is 5.75 Å². The van der Waals surface area contributed by atoms with Crippen molar-refractivity contribution in [3.05, 3.63) is 23.3 Å². The molecule has 0 saturated heterocycles. The minimum atomic E-state index is -2.88. The highest BCUT2D eigenvalue weighted by Gasteiger charge is 2.31. The van der Waals surface area contributed by atoms with Crippen LogP contribution in [0.5, 0.6) is 5.75 Å². The lowest BCUT2D eigenvalue weighted by molar-refractivity contribution is 0.341. The van der Waals surface area contributed by atoms with Gasteiger partial charge in [-0.05, 0) is 29.9 Å². The normalized spacial score (nSPS) is 15.6. The van der Waals surface area contributed by atoms with Crippen LogP contribution in [0.1, 0.15) is 66.5 Å². The minimum Gasteiger partial charge on any atom is -0.507 e. The van der Waals surface area contributed by atoms with Gasteiger partial charge < -0.3 is 9.63 Å². The number of rotatable bonds is 4. The van der Waals surface area contributed by atoms with Gasteiger partial charge in [0.15, 0.2) is 0 Å². The largest absolute Gasteiger partial charge is 0.507 e. The van der Waals surface area contributed by atoms with Crippen molar-refractivity contribution in [3.63, 3.8) is 0 Å². The van der Waals surface area contributed by atoms with Crippen molar-refractivity contribution in [1.29, 1.82) is 0 Å². The van der Waals surface area contributed by atoms with Gasteiger partial charge in [-0.15, -0.1) is 0 Å². The first kappa shape index (κ1) is 19.3. The van der Waals surface area contributed by atoms with E-state index in [1.165, 1.54) is 0 Å². The molecule has 0 saturated carbocycles. The number of benzene rings is 1. The second-order valence-corrected chi connectivity index (χ2v) is 10.6. The van der Waals surface area contributed by atoms with Crippen molar-refractivity contribution in [1.82, 2.24) is 0 Å². The Labute approximate surface area is 135 Å². The first-order valence-electron chi connectivity index (χ1n) is 7.99. The molecular weight excluding hydrogens is 295 g/mol. The molecule has 1 rings (SSSR count). The molecule has 0 bridgehead atoms. The second-order valence-electron chi connectivity index (χ2n) is 7.80. The molecule has 3 nitrogen and oxygen atoms in total. The van der Waals surface area contributed by atoms with Crippen LogP contribution in [0.25, 0.3) is 0 Å². The van der Waals surface area contributed by atoms with Crippen LogP contribution in [0, 0.1) is 0 Å². The van der Waals surface area contributed by atoms with Crippen LogP contribution in [0.2, 0.25) is 0 Å². The molecule has 0 fully saturated rings. The van der Waals surface area contributed by atoms with Crippen molar-refractivity contribution in [2.24, 2.45) is 0 Å². The Morgan fingerprint density at radius 3 is 1.68 bits per heavy atom. The summed E-state index contributed by atoms with van der Waals surface area (Å²) in [6.07, 6.45) is 0.457. The molecule has 1 aromatic carbocycles. The van der Waals surface area contributed by atoms with E-state index in [1.54, 1.807) is 0 Å². The quantitative estimate of drug-likeness (QED) is 0.797. The third kappa shape index (κ3) is 3.94. The summed E-state index contributed by atoms with van der Waals surface area (Å²) in [6, 6.07) is 3.73. The van der Waals surface area contributed by atoms with Gasteiger partial charge >= 0.3 is 0 Å². The van der Waals surface area contributed by atoms with E-state index >= 15 is 0 Å². The van der Waals surface area contributed by atoms with Crippen LogP contribution in [0.4, 0.5) is 0 Å². The van der Waals surface area contributed by atoms with Crippen LogP contribution in [0.3, 0.4) is 0 Å². The van der Waals surface area contributed by atoms with E-state index in [0.717, 1.165) is 11.1 Å². The summed E-state index contributed by atoms with van der Waals surface area (Å²) in [7, 11) is -2.88. The first-order valence-corrected chi connectivity index (χ1v) is 9.80. The Morgan fingerprint density at radius 1 is 1.00 bits per heavy atom. The van der Waals surface area contributed by atoms with Crippen molar-refractivity contribution in [3.8, 4) is 5.75 Å². The smallest absolute Gasteiger partial charge is 0.231 e. The molecule has 22 heavy (non-hydrogen) atoms. The monoisotopic (exact) mass is 326 g/mol. The van der Waals surface area contributed by atoms with Crippen LogP contribution >= 0.6 is 7.37 Å². The Balaban J connectivity index is 3.72. The molecule has 0 radical (unpaired) electrons. The van der Waals surface area contributed by atoms with Crippen LogP contribution in [-0.2, 0) is 19.9 Å². The Hall–Kier alpha value is -0.790. The molecule has 4 heteroatoms. The summed E-state index contributed by atoms with van der Waals surface area (Å²) >= 11 is 0. The molecule has 126 valence electrons. The first-order chi connectivity index (χ1) is 9.86. The molecular formula is C18H31O3P. The van der Waals surface area contributed by atoms with Crippen molar-refractivity contribution < 1.29 is 14.2 Å². The number of phenols is 1. The van der Waals surface area contributed by atoms with Crippen molar-refractivity contribution in [2.75, 3.05) is 12.8 Å². The van der Waals surface area contributed by atoms with Gasteiger partial charge in [-0.1, -0.05) is 48.5 Å². The summed E-state index contributed by atoms with van der Waals surface area (Å²) < 4.78 is 18.8. The number of aromatic hydroxyl groups is 1. The summed E-state index contributed by atoms with van der Waals surface area (Å²) in [4.78, 5) is 0. The third-order valence-corrected chi connectivity index (χ3v) is 6.41. The van der Waals surface area contributed by atoms with Crippen molar-refractivity contribution in [2.45, 2.75) is 66.2 Å². The van der Waals surface area contributed by atoms with Gasteiger partial charge in [0.2, 0.25) is 7.37 Å². The lowest BCUT2D eigenvalue weighted by atomic mass is 9.79. The van der Waals surface area contributed by atoms with Gasteiger partial charge in [0, 0.05) is 22.6 Å².